The normalized spacial score (nSPS) is 32.9. The van der Waals surface area contributed by atoms with Crippen LogP contribution < -0.4 is 0 Å². The number of fused-ring (bicyclic) bond motifs is 2. The fraction of sp³-hybridized carbons (Fsp3) is 0.786. The first-order chi connectivity index (χ1) is 7.24. The minimum absolute atomic E-state index is 0.376. The van der Waals surface area contributed by atoms with Crippen molar-refractivity contribution in [1.82, 2.24) is 0 Å². The Hall–Kier alpha value is -0.590. The molecule has 0 amide bonds. The number of rotatable bonds is 5. The molecule has 15 heavy (non-hydrogen) atoms. The molecule has 1 heteroatoms. The third kappa shape index (κ3) is 2.16. The van der Waals surface area contributed by atoms with E-state index in [2.05, 4.69) is 26.0 Å². The third-order valence-electron chi connectivity index (χ3n) is 4.34. The Morgan fingerprint density at radius 1 is 1.27 bits per heavy atom. The fourth-order valence-electron chi connectivity index (χ4n) is 3.16. The topological polar surface area (TPSA) is 17.1 Å². The van der Waals surface area contributed by atoms with Gasteiger partial charge in [-0.15, -0.1) is 0 Å². The van der Waals surface area contributed by atoms with Gasteiger partial charge in [-0.1, -0.05) is 38.8 Å². The average Bonchev–Trinajstić information content (AvgIpc) is 2.87. The molecule has 0 radical (unpaired) electrons. The molecule has 3 unspecified atom stereocenters. The average molecular weight is 206 g/mol. The second-order valence-corrected chi connectivity index (χ2v) is 5.24. The van der Waals surface area contributed by atoms with Crippen molar-refractivity contribution in [3.63, 3.8) is 0 Å². The van der Waals surface area contributed by atoms with Crippen molar-refractivity contribution in [2.45, 2.75) is 46.0 Å². The van der Waals surface area contributed by atoms with Crippen molar-refractivity contribution in [2.75, 3.05) is 0 Å². The molecule has 3 atom stereocenters. The van der Waals surface area contributed by atoms with Crippen LogP contribution in [0.2, 0.25) is 0 Å². The van der Waals surface area contributed by atoms with Gasteiger partial charge in [0.1, 0.15) is 5.78 Å². The predicted octanol–water partition coefficient (Wildman–Crippen LogP) is 3.59. The first-order valence-corrected chi connectivity index (χ1v) is 6.45. The van der Waals surface area contributed by atoms with Gasteiger partial charge in [0.15, 0.2) is 0 Å². The molecule has 0 aromatic heterocycles. The highest BCUT2D eigenvalue weighted by atomic mass is 16.1. The summed E-state index contributed by atoms with van der Waals surface area (Å²) >= 11 is 0. The summed E-state index contributed by atoms with van der Waals surface area (Å²) in [6, 6.07) is 0. The highest BCUT2D eigenvalue weighted by Crippen LogP contribution is 2.44. The molecule has 1 nitrogen and oxygen atoms in total. The molecule has 2 bridgehead atoms. The van der Waals surface area contributed by atoms with E-state index in [1.807, 2.05) is 0 Å². The minimum Gasteiger partial charge on any atom is -0.299 e. The van der Waals surface area contributed by atoms with E-state index in [0.717, 1.165) is 31.6 Å². The summed E-state index contributed by atoms with van der Waals surface area (Å²) in [6.07, 6.45) is 10.1. The van der Waals surface area contributed by atoms with Crippen LogP contribution >= 0.6 is 0 Å². The number of carbonyl (C=O) groups is 1. The number of carbonyl (C=O) groups excluding carboxylic acids is 1. The van der Waals surface area contributed by atoms with Crippen molar-refractivity contribution in [3.05, 3.63) is 12.2 Å². The van der Waals surface area contributed by atoms with Crippen LogP contribution in [-0.4, -0.2) is 5.78 Å². The van der Waals surface area contributed by atoms with Gasteiger partial charge in [-0.05, 0) is 30.6 Å². The SMILES string of the molecule is CCC(CC)CC(=O)C1CC2C=CC1C2. The fourth-order valence-corrected chi connectivity index (χ4v) is 3.16. The van der Waals surface area contributed by atoms with Gasteiger partial charge in [-0.25, -0.2) is 0 Å². The highest BCUT2D eigenvalue weighted by molar-refractivity contribution is 5.82. The van der Waals surface area contributed by atoms with E-state index in [0.29, 0.717) is 23.5 Å². The lowest BCUT2D eigenvalue weighted by Crippen LogP contribution is -2.21. The Balaban J connectivity index is 1.89. The van der Waals surface area contributed by atoms with Crippen molar-refractivity contribution >= 4 is 5.78 Å². The lowest BCUT2D eigenvalue weighted by atomic mass is 9.84. The molecule has 0 aromatic carbocycles. The van der Waals surface area contributed by atoms with E-state index in [1.54, 1.807) is 0 Å². The second kappa shape index (κ2) is 4.51. The molecule has 0 N–H and O–H groups in total. The lowest BCUT2D eigenvalue weighted by Gasteiger charge is -2.19. The molecule has 2 aliphatic carbocycles. The summed E-state index contributed by atoms with van der Waals surface area (Å²) in [6.45, 7) is 4.39. The number of hydrogen-bond acceptors (Lipinski definition) is 1. The third-order valence-corrected chi connectivity index (χ3v) is 4.34. The zero-order valence-electron chi connectivity index (χ0n) is 9.91. The van der Waals surface area contributed by atoms with Crippen molar-refractivity contribution in [2.24, 2.45) is 23.7 Å². The summed E-state index contributed by atoms with van der Waals surface area (Å²) in [5, 5.41) is 0. The summed E-state index contributed by atoms with van der Waals surface area (Å²) in [4.78, 5) is 12.1. The van der Waals surface area contributed by atoms with Crippen molar-refractivity contribution in [3.8, 4) is 0 Å². The summed E-state index contributed by atoms with van der Waals surface area (Å²) in [5.41, 5.74) is 0. The largest absolute Gasteiger partial charge is 0.299 e. The number of Topliss-reactive ketones (excluding diaryl/α,β-unsaturated/α-hetero) is 1. The van der Waals surface area contributed by atoms with E-state index in [4.69, 9.17) is 0 Å². The number of ketones is 1. The first-order valence-electron chi connectivity index (χ1n) is 6.45. The van der Waals surface area contributed by atoms with Crippen LogP contribution in [-0.2, 0) is 4.79 Å². The van der Waals surface area contributed by atoms with E-state index >= 15 is 0 Å². The van der Waals surface area contributed by atoms with Gasteiger partial charge in [0.25, 0.3) is 0 Å². The Morgan fingerprint density at radius 2 is 2.00 bits per heavy atom. The van der Waals surface area contributed by atoms with Crippen LogP contribution in [0.4, 0.5) is 0 Å². The van der Waals surface area contributed by atoms with Gasteiger partial charge in [0, 0.05) is 12.3 Å². The highest BCUT2D eigenvalue weighted by Gasteiger charge is 2.39. The molecule has 0 heterocycles. The standard InChI is InChI=1S/C14H22O/c1-3-10(4-2)9-14(15)13-8-11-5-6-12(13)7-11/h5-6,10-13H,3-4,7-9H2,1-2H3. The smallest absolute Gasteiger partial charge is 0.136 e. The molecular formula is C14H22O. The zero-order valence-corrected chi connectivity index (χ0v) is 9.91. The van der Waals surface area contributed by atoms with E-state index < -0.39 is 0 Å². The van der Waals surface area contributed by atoms with Crippen LogP contribution in [0.5, 0.6) is 0 Å². The van der Waals surface area contributed by atoms with Gasteiger partial charge in [-0.2, -0.15) is 0 Å². The molecule has 0 spiro atoms. The Labute approximate surface area is 92.9 Å². The van der Waals surface area contributed by atoms with Gasteiger partial charge < -0.3 is 0 Å². The van der Waals surface area contributed by atoms with Gasteiger partial charge in [-0.3, -0.25) is 4.79 Å². The molecule has 1 fully saturated rings. The second-order valence-electron chi connectivity index (χ2n) is 5.24. The summed E-state index contributed by atoms with van der Waals surface area (Å²) in [5.74, 6) is 2.87. The van der Waals surface area contributed by atoms with Crippen LogP contribution in [0.1, 0.15) is 46.0 Å². The number of hydrogen-bond donors (Lipinski definition) is 0. The van der Waals surface area contributed by atoms with E-state index in [1.165, 1.54) is 6.42 Å². The van der Waals surface area contributed by atoms with Gasteiger partial charge >= 0.3 is 0 Å². The van der Waals surface area contributed by atoms with Crippen LogP contribution in [0, 0.1) is 23.7 Å². The summed E-state index contributed by atoms with van der Waals surface area (Å²) < 4.78 is 0. The van der Waals surface area contributed by atoms with Crippen LogP contribution in [0.3, 0.4) is 0 Å². The molecule has 0 aromatic rings. The zero-order chi connectivity index (χ0) is 10.8. The van der Waals surface area contributed by atoms with Gasteiger partial charge in [0.05, 0.1) is 0 Å². The Morgan fingerprint density at radius 3 is 2.47 bits per heavy atom. The van der Waals surface area contributed by atoms with Crippen molar-refractivity contribution < 1.29 is 4.79 Å². The molecule has 2 aliphatic rings. The predicted molar refractivity (Wildman–Crippen MR) is 62.5 cm³/mol. The Bertz CT molecular complexity index is 263. The molecule has 1 saturated carbocycles. The van der Waals surface area contributed by atoms with Crippen molar-refractivity contribution in [1.29, 1.82) is 0 Å². The van der Waals surface area contributed by atoms with E-state index in [9.17, 15) is 4.79 Å². The molecule has 2 rings (SSSR count). The van der Waals surface area contributed by atoms with Gasteiger partial charge in [0.2, 0.25) is 0 Å². The lowest BCUT2D eigenvalue weighted by molar-refractivity contribution is -0.124. The maximum Gasteiger partial charge on any atom is 0.136 e. The number of allylic oxidation sites excluding steroid dienone is 2. The molecule has 0 saturated heterocycles. The molecule has 0 aliphatic heterocycles. The summed E-state index contributed by atoms with van der Waals surface area (Å²) in [7, 11) is 0. The van der Waals surface area contributed by atoms with Crippen LogP contribution in [0.15, 0.2) is 12.2 Å². The van der Waals surface area contributed by atoms with Crippen LogP contribution in [0.25, 0.3) is 0 Å². The first kappa shape index (κ1) is 10.9. The maximum absolute atomic E-state index is 12.1. The molecular weight excluding hydrogens is 184 g/mol. The maximum atomic E-state index is 12.1. The Kier molecular flexibility index (Phi) is 3.28. The molecule has 84 valence electrons. The van der Waals surface area contributed by atoms with E-state index in [-0.39, 0.29) is 0 Å². The minimum atomic E-state index is 0.376. The quantitative estimate of drug-likeness (QED) is 0.628. The monoisotopic (exact) mass is 206 g/mol.